The summed E-state index contributed by atoms with van der Waals surface area (Å²) in [6.45, 7) is 0. The summed E-state index contributed by atoms with van der Waals surface area (Å²) in [5, 5.41) is 0. The van der Waals surface area contributed by atoms with Crippen molar-refractivity contribution in [2.45, 2.75) is 0 Å². The normalized spacial score (nSPS) is 9.74. The van der Waals surface area contributed by atoms with Gasteiger partial charge in [0, 0.05) is 35.3 Å². The van der Waals surface area contributed by atoms with E-state index in [2.05, 4.69) is 21.8 Å². The van der Waals surface area contributed by atoms with Crippen molar-refractivity contribution < 1.29 is 4.79 Å². The van der Waals surface area contributed by atoms with Gasteiger partial charge in [-0.25, -0.2) is 0 Å². The molecule has 0 radical (unpaired) electrons. The fraction of sp³-hybridized carbons (Fsp3) is 0. The molecule has 0 aliphatic heterocycles. The molecule has 4 nitrogen and oxygen atoms in total. The van der Waals surface area contributed by atoms with Crippen LogP contribution in [-0.2, 0) is 0 Å². The van der Waals surface area contributed by atoms with Crippen molar-refractivity contribution in [2.24, 2.45) is 5.73 Å². The molecule has 110 valence electrons. The maximum atomic E-state index is 11.0. The van der Waals surface area contributed by atoms with E-state index in [1.165, 1.54) is 6.20 Å². The number of aromatic nitrogens is 2. The lowest BCUT2D eigenvalue weighted by atomic mass is 10.1. The van der Waals surface area contributed by atoms with Crippen LogP contribution in [-0.4, -0.2) is 15.9 Å². The summed E-state index contributed by atoms with van der Waals surface area (Å²) in [7, 11) is 0. The lowest BCUT2D eigenvalue weighted by molar-refractivity contribution is 0.1000. The zero-order valence-electron chi connectivity index (χ0n) is 12.2. The number of amides is 1. The van der Waals surface area contributed by atoms with Gasteiger partial charge in [0.25, 0.3) is 0 Å². The summed E-state index contributed by atoms with van der Waals surface area (Å²) >= 11 is 0. The maximum Gasteiger partial charge on any atom is 0.250 e. The molecule has 0 saturated heterocycles. The minimum absolute atomic E-state index is 0.396. The summed E-state index contributed by atoms with van der Waals surface area (Å²) in [5.74, 6) is 5.67. The van der Waals surface area contributed by atoms with Gasteiger partial charge in [-0.15, -0.1) is 0 Å². The van der Waals surface area contributed by atoms with Gasteiger partial charge in [0.05, 0.1) is 11.3 Å². The molecule has 0 spiro atoms. The molecular formula is C19H13N3O. The number of pyridine rings is 2. The summed E-state index contributed by atoms with van der Waals surface area (Å²) < 4.78 is 0. The molecule has 0 fully saturated rings. The molecule has 0 atom stereocenters. The molecule has 0 saturated carbocycles. The number of carbonyl (C=O) groups is 1. The van der Waals surface area contributed by atoms with Crippen LogP contribution in [0.2, 0.25) is 0 Å². The second-order valence-electron chi connectivity index (χ2n) is 4.87. The van der Waals surface area contributed by atoms with Crippen molar-refractivity contribution in [1.29, 1.82) is 0 Å². The zero-order valence-corrected chi connectivity index (χ0v) is 12.2. The molecule has 23 heavy (non-hydrogen) atoms. The minimum atomic E-state index is -0.481. The third kappa shape index (κ3) is 3.60. The number of hydrogen-bond acceptors (Lipinski definition) is 3. The molecule has 0 aliphatic rings. The summed E-state index contributed by atoms with van der Waals surface area (Å²) in [5.41, 5.74) is 9.12. The van der Waals surface area contributed by atoms with E-state index in [0.29, 0.717) is 5.56 Å². The van der Waals surface area contributed by atoms with Crippen molar-refractivity contribution in [3.8, 4) is 23.1 Å². The lowest BCUT2D eigenvalue weighted by Gasteiger charge is -2.02. The average Bonchev–Trinajstić information content (AvgIpc) is 2.61. The second-order valence-corrected chi connectivity index (χ2v) is 4.87. The van der Waals surface area contributed by atoms with Gasteiger partial charge >= 0.3 is 0 Å². The number of benzene rings is 1. The van der Waals surface area contributed by atoms with Gasteiger partial charge in [0.15, 0.2) is 0 Å². The topological polar surface area (TPSA) is 68.9 Å². The van der Waals surface area contributed by atoms with Gasteiger partial charge in [-0.3, -0.25) is 14.8 Å². The Morgan fingerprint density at radius 3 is 2.30 bits per heavy atom. The van der Waals surface area contributed by atoms with Crippen LogP contribution < -0.4 is 5.73 Å². The zero-order chi connectivity index (χ0) is 16.1. The van der Waals surface area contributed by atoms with Gasteiger partial charge in [-0.05, 0) is 36.4 Å². The van der Waals surface area contributed by atoms with Gasteiger partial charge in [0.2, 0.25) is 5.91 Å². The van der Waals surface area contributed by atoms with Crippen molar-refractivity contribution in [3.05, 3.63) is 83.8 Å². The Labute approximate surface area is 134 Å². The average molecular weight is 299 g/mol. The molecule has 4 heteroatoms. The van der Waals surface area contributed by atoms with Gasteiger partial charge in [-0.1, -0.05) is 24.0 Å². The van der Waals surface area contributed by atoms with E-state index in [0.717, 1.165) is 22.4 Å². The number of hydrogen-bond donors (Lipinski definition) is 1. The van der Waals surface area contributed by atoms with E-state index >= 15 is 0 Å². The molecular weight excluding hydrogens is 286 g/mol. The molecule has 2 N–H and O–H groups in total. The molecule has 0 bridgehead atoms. The van der Waals surface area contributed by atoms with E-state index in [4.69, 9.17) is 5.73 Å². The van der Waals surface area contributed by atoms with Gasteiger partial charge < -0.3 is 5.73 Å². The molecule has 1 aromatic carbocycles. The van der Waals surface area contributed by atoms with Crippen molar-refractivity contribution >= 4 is 5.91 Å². The largest absolute Gasteiger partial charge is 0.366 e. The highest BCUT2D eigenvalue weighted by molar-refractivity contribution is 5.92. The van der Waals surface area contributed by atoms with Crippen LogP contribution in [0.5, 0.6) is 0 Å². The van der Waals surface area contributed by atoms with Crippen LogP contribution in [0, 0.1) is 11.8 Å². The fourth-order valence-electron chi connectivity index (χ4n) is 2.02. The summed E-state index contributed by atoms with van der Waals surface area (Å²) in [6, 6.07) is 15.0. The summed E-state index contributed by atoms with van der Waals surface area (Å²) in [6.07, 6.45) is 4.93. The standard InChI is InChI=1S/C19H13N3O/c20-19(23)17-9-10-18(22-13-17)16-7-5-14(6-8-16)3-4-15-2-1-11-21-12-15/h1-2,5-13H,(H2,20,23). The van der Waals surface area contributed by atoms with Crippen LogP contribution in [0.3, 0.4) is 0 Å². The minimum Gasteiger partial charge on any atom is -0.366 e. The molecule has 3 rings (SSSR count). The van der Waals surface area contributed by atoms with Crippen LogP contribution in [0.15, 0.2) is 67.1 Å². The summed E-state index contributed by atoms with van der Waals surface area (Å²) in [4.78, 5) is 19.3. The van der Waals surface area contributed by atoms with Crippen LogP contribution in [0.4, 0.5) is 0 Å². The number of nitrogens with zero attached hydrogens (tertiary/aromatic N) is 2. The number of carbonyl (C=O) groups excluding carboxylic acids is 1. The van der Waals surface area contributed by atoms with Gasteiger partial charge in [0.1, 0.15) is 0 Å². The maximum absolute atomic E-state index is 11.0. The predicted molar refractivity (Wildman–Crippen MR) is 88.4 cm³/mol. The number of rotatable bonds is 2. The smallest absolute Gasteiger partial charge is 0.250 e. The molecule has 0 aliphatic carbocycles. The number of primary amides is 1. The SMILES string of the molecule is NC(=O)c1ccc(-c2ccc(C#Cc3cccnc3)cc2)nc1. The van der Waals surface area contributed by atoms with Crippen LogP contribution >= 0.6 is 0 Å². The van der Waals surface area contributed by atoms with Crippen LogP contribution in [0.1, 0.15) is 21.5 Å². The third-order valence-electron chi connectivity index (χ3n) is 3.24. The predicted octanol–water partition coefficient (Wildman–Crippen LogP) is 2.64. The molecule has 1 amide bonds. The van der Waals surface area contributed by atoms with E-state index in [1.54, 1.807) is 24.5 Å². The first-order valence-electron chi connectivity index (χ1n) is 7.01. The van der Waals surface area contributed by atoms with E-state index in [-0.39, 0.29) is 0 Å². The molecule has 0 unspecified atom stereocenters. The number of nitrogens with two attached hydrogens (primary N) is 1. The first kappa shape index (κ1) is 14.5. The second kappa shape index (κ2) is 6.54. The quantitative estimate of drug-likeness (QED) is 0.740. The molecule has 2 heterocycles. The Bertz CT molecular complexity index is 874. The highest BCUT2D eigenvalue weighted by atomic mass is 16.1. The molecule has 3 aromatic rings. The van der Waals surface area contributed by atoms with E-state index in [1.807, 2.05) is 36.4 Å². The van der Waals surface area contributed by atoms with E-state index < -0.39 is 5.91 Å². The highest BCUT2D eigenvalue weighted by Crippen LogP contribution is 2.17. The Morgan fingerprint density at radius 2 is 1.70 bits per heavy atom. The van der Waals surface area contributed by atoms with Crippen molar-refractivity contribution in [1.82, 2.24) is 9.97 Å². The Balaban J connectivity index is 1.79. The first-order valence-corrected chi connectivity index (χ1v) is 7.01. The van der Waals surface area contributed by atoms with E-state index in [9.17, 15) is 4.79 Å². The Hall–Kier alpha value is -3.45. The van der Waals surface area contributed by atoms with Crippen molar-refractivity contribution in [3.63, 3.8) is 0 Å². The third-order valence-corrected chi connectivity index (χ3v) is 3.24. The Morgan fingerprint density at radius 1 is 0.913 bits per heavy atom. The first-order chi connectivity index (χ1) is 11.2. The van der Waals surface area contributed by atoms with Gasteiger partial charge in [-0.2, -0.15) is 0 Å². The fourth-order valence-corrected chi connectivity index (χ4v) is 2.02. The highest BCUT2D eigenvalue weighted by Gasteiger charge is 2.03. The van der Waals surface area contributed by atoms with Crippen LogP contribution in [0.25, 0.3) is 11.3 Å². The lowest BCUT2D eigenvalue weighted by Crippen LogP contribution is -2.10. The van der Waals surface area contributed by atoms with Crippen molar-refractivity contribution in [2.75, 3.05) is 0 Å². The Kier molecular flexibility index (Phi) is 4.12. The monoisotopic (exact) mass is 299 g/mol. The molecule has 2 aromatic heterocycles.